The number of carbonyl (C=O) groups is 1. The number of nitrogens with zero attached hydrogens (tertiary/aromatic N) is 2. The third-order valence-corrected chi connectivity index (χ3v) is 6.72. The second-order valence-electron chi connectivity index (χ2n) is 9.46. The highest BCUT2D eigenvalue weighted by molar-refractivity contribution is 6.04. The van der Waals surface area contributed by atoms with Gasteiger partial charge in [0.1, 0.15) is 23.3 Å². The molecule has 1 atom stereocenters. The molecule has 0 aliphatic carbocycles. The number of pyridine rings is 1. The number of halogens is 3. The number of methoxy groups -OCH3 is 1. The van der Waals surface area contributed by atoms with Gasteiger partial charge in [0.25, 0.3) is 11.6 Å². The number of aryl methyl sites for hydroxylation is 1. The van der Waals surface area contributed by atoms with Crippen LogP contribution in [0.15, 0.2) is 85.1 Å². The predicted octanol–water partition coefficient (Wildman–Crippen LogP) is 7.53. The van der Waals surface area contributed by atoms with E-state index in [9.17, 15) is 28.1 Å². The van der Waals surface area contributed by atoms with E-state index < -0.39 is 28.7 Å². The number of hydrogen-bond donors (Lipinski definition) is 3. The number of amides is 1. The number of benzene rings is 3. The summed E-state index contributed by atoms with van der Waals surface area (Å²) in [6, 6.07) is 19.1. The molecule has 0 aliphatic heterocycles. The van der Waals surface area contributed by atoms with Crippen LogP contribution in [0.3, 0.4) is 0 Å². The Hall–Kier alpha value is -5.23. The first kappa shape index (κ1) is 28.3. The lowest BCUT2D eigenvalue weighted by molar-refractivity contribution is -0.383. The number of fused-ring (bicyclic) bond motifs is 1. The number of H-pyrrole nitrogens is 1. The highest BCUT2D eigenvalue weighted by atomic mass is 19.4. The zero-order valence-electron chi connectivity index (χ0n) is 22.3. The van der Waals surface area contributed by atoms with Gasteiger partial charge in [-0.25, -0.2) is 4.98 Å². The number of aromatic nitrogens is 2. The third-order valence-electron chi connectivity index (χ3n) is 6.72. The largest absolute Gasteiger partial charge is 0.416 e. The minimum Gasteiger partial charge on any atom is -0.372 e. The molecule has 5 rings (SSSR count). The average molecular weight is 576 g/mol. The molecule has 214 valence electrons. The number of aromatic amines is 1. The number of nitrogens with one attached hydrogen (secondary N) is 3. The Labute approximate surface area is 237 Å². The molecule has 2 aromatic heterocycles. The number of hydrogen-bond acceptors (Lipinski definition) is 6. The minimum atomic E-state index is -4.53. The van der Waals surface area contributed by atoms with Crippen molar-refractivity contribution in [2.24, 2.45) is 0 Å². The zero-order chi connectivity index (χ0) is 30.0. The Kier molecular flexibility index (Phi) is 7.64. The van der Waals surface area contributed by atoms with Gasteiger partial charge >= 0.3 is 6.18 Å². The lowest BCUT2D eigenvalue weighted by Gasteiger charge is -2.19. The zero-order valence-corrected chi connectivity index (χ0v) is 22.3. The summed E-state index contributed by atoms with van der Waals surface area (Å²) < 4.78 is 45.2. The third kappa shape index (κ3) is 5.79. The van der Waals surface area contributed by atoms with Crippen molar-refractivity contribution in [1.82, 2.24) is 9.97 Å². The van der Waals surface area contributed by atoms with Gasteiger partial charge in [0.15, 0.2) is 0 Å². The lowest BCUT2D eigenvalue weighted by atomic mass is 9.95. The van der Waals surface area contributed by atoms with E-state index in [1.54, 1.807) is 54.7 Å². The van der Waals surface area contributed by atoms with Crippen molar-refractivity contribution in [3.8, 4) is 0 Å². The number of nitro groups is 1. The van der Waals surface area contributed by atoms with E-state index in [2.05, 4.69) is 20.6 Å². The van der Waals surface area contributed by atoms with Gasteiger partial charge in [0, 0.05) is 41.6 Å². The van der Waals surface area contributed by atoms with Crippen molar-refractivity contribution in [3.63, 3.8) is 0 Å². The highest BCUT2D eigenvalue weighted by Crippen LogP contribution is 2.35. The van der Waals surface area contributed by atoms with Gasteiger partial charge in [-0.3, -0.25) is 14.9 Å². The molecule has 2 heterocycles. The number of alkyl halides is 3. The van der Waals surface area contributed by atoms with E-state index in [0.717, 1.165) is 28.6 Å². The van der Waals surface area contributed by atoms with Crippen LogP contribution in [0.1, 0.15) is 38.7 Å². The molecule has 1 amide bonds. The Bertz CT molecular complexity index is 1800. The minimum absolute atomic E-state index is 0.0215. The molecule has 5 aromatic rings. The van der Waals surface area contributed by atoms with Crippen molar-refractivity contribution < 1.29 is 27.6 Å². The molecule has 0 spiro atoms. The van der Waals surface area contributed by atoms with Gasteiger partial charge in [-0.1, -0.05) is 24.3 Å². The molecule has 3 N–H and O–H groups in total. The summed E-state index contributed by atoms with van der Waals surface area (Å²) in [6.45, 7) is 1.86. The first-order valence-corrected chi connectivity index (χ1v) is 12.7. The second kappa shape index (κ2) is 11.3. The molecule has 0 fully saturated rings. The van der Waals surface area contributed by atoms with Gasteiger partial charge in [-0.05, 0) is 66.6 Å². The predicted molar refractivity (Wildman–Crippen MR) is 152 cm³/mol. The maximum absolute atomic E-state index is 13.1. The fourth-order valence-electron chi connectivity index (χ4n) is 4.65. The number of anilines is 3. The molecule has 3 aromatic carbocycles. The van der Waals surface area contributed by atoms with Gasteiger partial charge in [0.05, 0.1) is 10.5 Å². The SMILES string of the molecule is COC(c1cc(C(=O)Nc2cccc(C(F)(F)F)c2)ccc1C)c1c[nH]c2nc(Nc3ccccc3[N+](=O)[O-])ccc12. The topological polar surface area (TPSA) is 122 Å². The van der Waals surface area contributed by atoms with Crippen LogP contribution in [0.25, 0.3) is 11.0 Å². The summed E-state index contributed by atoms with van der Waals surface area (Å²) in [5, 5.41) is 17.6. The molecule has 0 radical (unpaired) electrons. The van der Waals surface area contributed by atoms with E-state index in [0.29, 0.717) is 22.7 Å². The Morgan fingerprint density at radius 2 is 1.81 bits per heavy atom. The normalized spacial score (nSPS) is 12.2. The first-order chi connectivity index (χ1) is 20.0. The van der Waals surface area contributed by atoms with Crippen LogP contribution in [0.2, 0.25) is 0 Å². The quantitative estimate of drug-likeness (QED) is 0.130. The van der Waals surface area contributed by atoms with Crippen LogP contribution < -0.4 is 10.6 Å². The van der Waals surface area contributed by atoms with Crippen molar-refractivity contribution in [2.75, 3.05) is 17.7 Å². The molecule has 0 saturated heterocycles. The van der Waals surface area contributed by atoms with Crippen molar-refractivity contribution in [3.05, 3.63) is 123 Å². The van der Waals surface area contributed by atoms with Crippen LogP contribution in [0, 0.1) is 17.0 Å². The molecular weight excluding hydrogens is 551 g/mol. The van der Waals surface area contributed by atoms with E-state index in [4.69, 9.17) is 4.74 Å². The first-order valence-electron chi connectivity index (χ1n) is 12.7. The lowest BCUT2D eigenvalue weighted by Crippen LogP contribution is -2.14. The van der Waals surface area contributed by atoms with E-state index in [-0.39, 0.29) is 16.9 Å². The van der Waals surface area contributed by atoms with Gasteiger partial charge in [-0.2, -0.15) is 13.2 Å². The Balaban J connectivity index is 1.42. The van der Waals surface area contributed by atoms with Crippen molar-refractivity contribution >= 4 is 39.8 Å². The molecule has 1 unspecified atom stereocenters. The summed E-state index contributed by atoms with van der Waals surface area (Å²) in [5.74, 6) is -0.180. The fourth-order valence-corrected chi connectivity index (χ4v) is 4.65. The number of para-hydroxylation sites is 2. The standard InChI is InChI=1S/C30H24F3N5O4/c1-17-10-11-18(29(39)35-20-7-5-6-19(15-20)30(31,32)33)14-22(17)27(42-2)23-16-34-28-21(23)12-13-26(37-28)36-24-8-3-4-9-25(24)38(40)41/h3-16,27H,1-2H3,(H,35,39)(H2,34,36,37). The molecule has 12 heteroatoms. The van der Waals surface area contributed by atoms with E-state index in [1.165, 1.54) is 25.3 Å². The summed E-state index contributed by atoms with van der Waals surface area (Å²) in [5.41, 5.74) is 2.36. The van der Waals surface area contributed by atoms with Crippen molar-refractivity contribution in [1.29, 1.82) is 0 Å². The van der Waals surface area contributed by atoms with Crippen LogP contribution in [-0.4, -0.2) is 27.9 Å². The van der Waals surface area contributed by atoms with Crippen LogP contribution in [-0.2, 0) is 10.9 Å². The Morgan fingerprint density at radius 3 is 2.55 bits per heavy atom. The Morgan fingerprint density at radius 1 is 1.02 bits per heavy atom. The highest BCUT2D eigenvalue weighted by Gasteiger charge is 2.30. The van der Waals surface area contributed by atoms with Gasteiger partial charge in [-0.15, -0.1) is 0 Å². The molecule has 0 aliphatic rings. The van der Waals surface area contributed by atoms with Crippen LogP contribution in [0.4, 0.5) is 36.1 Å². The molecular formula is C30H24F3N5O4. The van der Waals surface area contributed by atoms with E-state index in [1.807, 2.05) is 6.92 Å². The van der Waals surface area contributed by atoms with Crippen molar-refractivity contribution in [2.45, 2.75) is 19.2 Å². The van der Waals surface area contributed by atoms with Crippen LogP contribution >= 0.6 is 0 Å². The smallest absolute Gasteiger partial charge is 0.372 e. The van der Waals surface area contributed by atoms with E-state index >= 15 is 0 Å². The average Bonchev–Trinajstić information content (AvgIpc) is 3.37. The number of nitro benzene ring substituents is 1. The number of rotatable bonds is 8. The number of ether oxygens (including phenoxy) is 1. The summed E-state index contributed by atoms with van der Waals surface area (Å²) in [4.78, 5) is 31.5. The van der Waals surface area contributed by atoms with Crippen LogP contribution in [0.5, 0.6) is 0 Å². The van der Waals surface area contributed by atoms with Gasteiger partial charge < -0.3 is 20.4 Å². The fraction of sp³-hybridized carbons (Fsp3) is 0.133. The maximum atomic E-state index is 13.1. The monoisotopic (exact) mass is 575 g/mol. The summed E-state index contributed by atoms with van der Waals surface area (Å²) >= 11 is 0. The molecule has 9 nitrogen and oxygen atoms in total. The maximum Gasteiger partial charge on any atom is 0.416 e. The summed E-state index contributed by atoms with van der Waals surface area (Å²) in [6.07, 6.45) is -3.42. The number of carbonyl (C=O) groups excluding carboxylic acids is 1. The summed E-state index contributed by atoms with van der Waals surface area (Å²) in [7, 11) is 1.52. The molecule has 0 saturated carbocycles. The molecule has 0 bridgehead atoms. The van der Waals surface area contributed by atoms with Gasteiger partial charge in [0.2, 0.25) is 0 Å². The second-order valence-corrected chi connectivity index (χ2v) is 9.46. The molecule has 42 heavy (non-hydrogen) atoms.